The lowest BCUT2D eigenvalue weighted by atomic mass is 9.75. The van der Waals surface area contributed by atoms with Crippen LogP contribution in [0.1, 0.15) is 58.1 Å². The number of hydrogen-bond acceptors (Lipinski definition) is 3. The van der Waals surface area contributed by atoms with Crippen LogP contribution in [-0.2, 0) is 0 Å². The van der Waals surface area contributed by atoms with Gasteiger partial charge in [0, 0.05) is 25.3 Å². The van der Waals surface area contributed by atoms with Gasteiger partial charge in [0.05, 0.1) is 0 Å². The molecule has 1 saturated carbocycles. The molecular formula is C16H27N3. The normalized spacial score (nSPS) is 21.1. The molecule has 1 unspecified atom stereocenters. The molecule has 0 aliphatic heterocycles. The number of nitrogens with zero attached hydrogens (tertiary/aromatic N) is 2. The van der Waals surface area contributed by atoms with Gasteiger partial charge >= 0.3 is 0 Å². The molecule has 0 aromatic carbocycles. The quantitative estimate of drug-likeness (QED) is 0.905. The molecule has 1 aliphatic carbocycles. The van der Waals surface area contributed by atoms with Crippen LogP contribution in [0.4, 0.5) is 5.82 Å². The predicted octanol–water partition coefficient (Wildman–Crippen LogP) is 3.51. The number of aromatic nitrogens is 1. The van der Waals surface area contributed by atoms with E-state index in [-0.39, 0.29) is 6.04 Å². The molecule has 2 rings (SSSR count). The topological polar surface area (TPSA) is 42.1 Å². The van der Waals surface area contributed by atoms with Gasteiger partial charge in [-0.1, -0.05) is 13.8 Å². The maximum absolute atomic E-state index is 5.95. The Kier molecular flexibility index (Phi) is 4.14. The Labute approximate surface area is 117 Å². The number of anilines is 1. The van der Waals surface area contributed by atoms with Crippen LogP contribution in [0.5, 0.6) is 0 Å². The molecule has 1 aromatic rings. The van der Waals surface area contributed by atoms with Gasteiger partial charge < -0.3 is 10.6 Å². The van der Waals surface area contributed by atoms with Crippen LogP contribution >= 0.6 is 0 Å². The van der Waals surface area contributed by atoms with E-state index in [2.05, 4.69) is 36.8 Å². The first-order chi connectivity index (χ1) is 8.89. The fourth-order valence-corrected chi connectivity index (χ4v) is 2.87. The Morgan fingerprint density at radius 1 is 1.37 bits per heavy atom. The molecule has 3 heteroatoms. The number of pyridine rings is 1. The van der Waals surface area contributed by atoms with Crippen molar-refractivity contribution in [3.05, 3.63) is 23.9 Å². The lowest BCUT2D eigenvalue weighted by Crippen LogP contribution is -2.37. The smallest absolute Gasteiger partial charge is 0.128 e. The second kappa shape index (κ2) is 5.49. The zero-order chi connectivity index (χ0) is 14.0. The largest absolute Gasteiger partial charge is 0.357 e. The molecule has 1 atom stereocenters. The van der Waals surface area contributed by atoms with Crippen LogP contribution in [-0.4, -0.2) is 18.1 Å². The summed E-state index contributed by atoms with van der Waals surface area (Å²) < 4.78 is 0. The van der Waals surface area contributed by atoms with E-state index in [1.54, 1.807) is 0 Å². The maximum atomic E-state index is 5.95. The summed E-state index contributed by atoms with van der Waals surface area (Å²) in [5.74, 6) is 1.06. The molecule has 19 heavy (non-hydrogen) atoms. The molecule has 1 aliphatic rings. The average Bonchev–Trinajstić information content (AvgIpc) is 2.38. The van der Waals surface area contributed by atoms with Crippen LogP contribution in [0.15, 0.2) is 18.3 Å². The molecule has 1 heterocycles. The average molecular weight is 261 g/mol. The highest BCUT2D eigenvalue weighted by Crippen LogP contribution is 2.37. The molecule has 0 amide bonds. The van der Waals surface area contributed by atoms with Crippen molar-refractivity contribution in [2.24, 2.45) is 11.1 Å². The number of rotatable bonds is 3. The zero-order valence-electron chi connectivity index (χ0n) is 12.7. The van der Waals surface area contributed by atoms with Gasteiger partial charge in [-0.2, -0.15) is 0 Å². The van der Waals surface area contributed by atoms with E-state index in [1.165, 1.54) is 25.7 Å². The third kappa shape index (κ3) is 3.47. The van der Waals surface area contributed by atoms with E-state index >= 15 is 0 Å². The third-order valence-corrected chi connectivity index (χ3v) is 4.51. The summed E-state index contributed by atoms with van der Waals surface area (Å²) in [5.41, 5.74) is 7.62. The van der Waals surface area contributed by atoms with Crippen molar-refractivity contribution in [3.63, 3.8) is 0 Å². The van der Waals surface area contributed by atoms with E-state index in [4.69, 9.17) is 5.73 Å². The minimum atomic E-state index is 0.0699. The molecule has 0 spiro atoms. The fourth-order valence-electron chi connectivity index (χ4n) is 2.87. The van der Waals surface area contributed by atoms with Crippen LogP contribution < -0.4 is 10.6 Å². The summed E-state index contributed by atoms with van der Waals surface area (Å²) in [4.78, 5) is 6.84. The van der Waals surface area contributed by atoms with E-state index in [0.29, 0.717) is 11.5 Å². The van der Waals surface area contributed by atoms with Crippen molar-refractivity contribution in [2.75, 3.05) is 11.9 Å². The van der Waals surface area contributed by atoms with Crippen LogP contribution in [0.25, 0.3) is 0 Å². The molecule has 1 aromatic heterocycles. The summed E-state index contributed by atoms with van der Waals surface area (Å²) in [6, 6.07) is 4.82. The van der Waals surface area contributed by atoms with Gasteiger partial charge in [0.15, 0.2) is 0 Å². The minimum absolute atomic E-state index is 0.0699. The summed E-state index contributed by atoms with van der Waals surface area (Å²) in [5, 5.41) is 0. The third-order valence-electron chi connectivity index (χ3n) is 4.51. The van der Waals surface area contributed by atoms with E-state index < -0.39 is 0 Å². The maximum Gasteiger partial charge on any atom is 0.128 e. The standard InChI is InChI=1S/C16H27N3/c1-12(17)13-7-10-18-15(11-13)19(4)14-5-8-16(2,3)9-6-14/h7,10-12,14H,5-6,8-9,17H2,1-4H3. The molecule has 2 N–H and O–H groups in total. The van der Waals surface area contributed by atoms with Crippen LogP contribution in [0.2, 0.25) is 0 Å². The molecule has 1 fully saturated rings. The Hall–Kier alpha value is -1.09. The number of nitrogens with two attached hydrogens (primary N) is 1. The first kappa shape index (κ1) is 14.3. The van der Waals surface area contributed by atoms with Crippen molar-refractivity contribution < 1.29 is 0 Å². The molecular weight excluding hydrogens is 234 g/mol. The molecule has 0 bridgehead atoms. The molecule has 0 radical (unpaired) electrons. The van der Waals surface area contributed by atoms with Crippen molar-refractivity contribution >= 4 is 5.82 Å². The highest BCUT2D eigenvalue weighted by Gasteiger charge is 2.29. The Morgan fingerprint density at radius 2 is 2.00 bits per heavy atom. The van der Waals surface area contributed by atoms with Crippen molar-refractivity contribution in [1.82, 2.24) is 4.98 Å². The summed E-state index contributed by atoms with van der Waals surface area (Å²) in [6.07, 6.45) is 6.99. The fraction of sp³-hybridized carbons (Fsp3) is 0.688. The van der Waals surface area contributed by atoms with Crippen molar-refractivity contribution in [3.8, 4) is 0 Å². The van der Waals surface area contributed by atoms with E-state index in [1.807, 2.05) is 19.2 Å². The Balaban J connectivity index is 2.07. The van der Waals surface area contributed by atoms with Gasteiger partial charge in [0.25, 0.3) is 0 Å². The summed E-state index contributed by atoms with van der Waals surface area (Å²) in [7, 11) is 2.16. The highest BCUT2D eigenvalue weighted by molar-refractivity contribution is 5.42. The minimum Gasteiger partial charge on any atom is -0.357 e. The first-order valence-electron chi connectivity index (χ1n) is 7.33. The highest BCUT2D eigenvalue weighted by atomic mass is 15.2. The van der Waals surface area contributed by atoms with Gasteiger partial charge in [-0.25, -0.2) is 4.98 Å². The van der Waals surface area contributed by atoms with Gasteiger partial charge in [-0.15, -0.1) is 0 Å². The van der Waals surface area contributed by atoms with Gasteiger partial charge in [0.2, 0.25) is 0 Å². The summed E-state index contributed by atoms with van der Waals surface area (Å²) in [6.45, 7) is 6.76. The van der Waals surface area contributed by atoms with Crippen molar-refractivity contribution in [2.45, 2.75) is 58.5 Å². The van der Waals surface area contributed by atoms with Crippen LogP contribution in [0.3, 0.4) is 0 Å². The van der Waals surface area contributed by atoms with E-state index in [9.17, 15) is 0 Å². The van der Waals surface area contributed by atoms with Gasteiger partial charge in [-0.05, 0) is 55.7 Å². The molecule has 0 saturated heterocycles. The molecule has 106 valence electrons. The van der Waals surface area contributed by atoms with Crippen LogP contribution in [0, 0.1) is 5.41 Å². The zero-order valence-corrected chi connectivity index (χ0v) is 12.7. The second-order valence-corrected chi connectivity index (χ2v) is 6.74. The number of hydrogen-bond donors (Lipinski definition) is 1. The Morgan fingerprint density at radius 3 is 2.58 bits per heavy atom. The monoisotopic (exact) mass is 261 g/mol. The van der Waals surface area contributed by atoms with Crippen molar-refractivity contribution in [1.29, 1.82) is 0 Å². The van der Waals surface area contributed by atoms with Gasteiger partial charge in [-0.3, -0.25) is 0 Å². The first-order valence-corrected chi connectivity index (χ1v) is 7.33. The Bertz CT molecular complexity index is 416. The SMILES string of the molecule is CC(N)c1ccnc(N(C)C2CCC(C)(C)CC2)c1. The van der Waals surface area contributed by atoms with E-state index in [0.717, 1.165) is 11.4 Å². The van der Waals surface area contributed by atoms with Gasteiger partial charge in [0.1, 0.15) is 5.82 Å². The predicted molar refractivity (Wildman–Crippen MR) is 81.3 cm³/mol. The lowest BCUT2D eigenvalue weighted by molar-refractivity contribution is 0.222. The second-order valence-electron chi connectivity index (χ2n) is 6.74. The lowest BCUT2D eigenvalue weighted by Gasteiger charge is -2.39. The summed E-state index contributed by atoms with van der Waals surface area (Å²) >= 11 is 0. The molecule has 3 nitrogen and oxygen atoms in total.